The molecule has 1 saturated carbocycles. The van der Waals surface area contributed by atoms with Gasteiger partial charge in [-0.3, -0.25) is 4.79 Å². The minimum atomic E-state index is -0.708. The van der Waals surface area contributed by atoms with E-state index in [1.54, 1.807) is 4.68 Å². The molecule has 1 heterocycles. The Bertz CT molecular complexity index is 594. The molecule has 126 valence electrons. The van der Waals surface area contributed by atoms with Crippen LogP contribution in [-0.2, 0) is 10.3 Å². The number of hydrogen-bond acceptors (Lipinski definition) is 6. The molecular weight excluding hydrogens is 312 g/mol. The van der Waals surface area contributed by atoms with E-state index in [9.17, 15) is 10.1 Å². The zero-order chi connectivity index (χ0) is 17.1. The monoisotopic (exact) mass is 336 g/mol. The van der Waals surface area contributed by atoms with Gasteiger partial charge in [0.2, 0.25) is 11.1 Å². The fourth-order valence-electron chi connectivity index (χ4n) is 2.64. The maximum absolute atomic E-state index is 12.5. The molecule has 0 radical (unpaired) electrons. The van der Waals surface area contributed by atoms with Crippen molar-refractivity contribution in [1.29, 1.82) is 5.26 Å². The predicted octanol–water partition coefficient (Wildman–Crippen LogP) is 2.25. The summed E-state index contributed by atoms with van der Waals surface area (Å²) in [5.74, 6) is -0.137. The number of carbonyl (C=O) groups excluding carboxylic acids is 1. The zero-order valence-electron chi connectivity index (χ0n) is 14.2. The highest BCUT2D eigenvalue weighted by molar-refractivity contribution is 8.00. The van der Waals surface area contributed by atoms with E-state index in [1.807, 2.05) is 27.7 Å². The molecule has 1 amide bonds. The summed E-state index contributed by atoms with van der Waals surface area (Å²) in [6.07, 6.45) is 4.55. The highest BCUT2D eigenvalue weighted by Crippen LogP contribution is 2.29. The van der Waals surface area contributed by atoms with Crippen LogP contribution in [0, 0.1) is 11.3 Å². The number of rotatable bonds is 4. The highest BCUT2D eigenvalue weighted by Gasteiger charge is 2.35. The molecule has 1 unspecified atom stereocenters. The Morgan fingerprint density at radius 2 is 2.04 bits per heavy atom. The zero-order valence-corrected chi connectivity index (χ0v) is 15.0. The minimum absolute atomic E-state index is 0.137. The molecule has 7 nitrogen and oxygen atoms in total. The van der Waals surface area contributed by atoms with Crippen LogP contribution in [0.1, 0.15) is 59.8 Å². The van der Waals surface area contributed by atoms with Gasteiger partial charge in [-0.2, -0.15) is 5.26 Å². The summed E-state index contributed by atoms with van der Waals surface area (Å²) in [5.41, 5.74) is -0.959. The number of hydrogen-bond donors (Lipinski definition) is 1. The Morgan fingerprint density at radius 1 is 1.39 bits per heavy atom. The molecule has 1 fully saturated rings. The van der Waals surface area contributed by atoms with Gasteiger partial charge in [-0.25, -0.2) is 4.68 Å². The molecule has 0 aromatic carbocycles. The Labute approximate surface area is 141 Å². The smallest absolute Gasteiger partial charge is 0.234 e. The molecule has 1 N–H and O–H groups in total. The Hall–Kier alpha value is -1.62. The van der Waals surface area contributed by atoms with Crippen LogP contribution in [0.5, 0.6) is 0 Å². The lowest BCUT2D eigenvalue weighted by atomic mass is 9.83. The third kappa shape index (κ3) is 4.22. The van der Waals surface area contributed by atoms with Crippen molar-refractivity contribution < 1.29 is 4.79 Å². The maximum atomic E-state index is 12.5. The summed E-state index contributed by atoms with van der Waals surface area (Å²) < 4.78 is 1.71. The van der Waals surface area contributed by atoms with Crippen molar-refractivity contribution in [2.45, 2.75) is 81.3 Å². The fraction of sp³-hybridized carbons (Fsp3) is 0.800. The number of nitrogens with one attached hydrogen (secondary N) is 1. The SMILES string of the molecule is CC(Sc1nnnn1C(C)(C)C)C(=O)NC1(C#N)CCCCC1. The molecule has 1 aromatic rings. The Balaban J connectivity index is 2.03. The van der Waals surface area contributed by atoms with Crippen molar-refractivity contribution in [1.82, 2.24) is 25.5 Å². The number of nitrogens with zero attached hydrogens (tertiary/aromatic N) is 5. The summed E-state index contributed by atoms with van der Waals surface area (Å²) in [7, 11) is 0. The number of amides is 1. The topological polar surface area (TPSA) is 96.5 Å². The first-order valence-corrected chi connectivity index (χ1v) is 8.84. The van der Waals surface area contributed by atoms with Crippen LogP contribution in [0.15, 0.2) is 5.16 Å². The van der Waals surface area contributed by atoms with Crippen LogP contribution in [0.3, 0.4) is 0 Å². The molecule has 0 aliphatic heterocycles. The van der Waals surface area contributed by atoms with Gasteiger partial charge in [-0.15, -0.1) is 5.10 Å². The number of tetrazole rings is 1. The first kappa shape index (κ1) is 17.7. The van der Waals surface area contributed by atoms with Crippen LogP contribution < -0.4 is 5.32 Å². The number of carbonyl (C=O) groups is 1. The van der Waals surface area contributed by atoms with E-state index < -0.39 is 5.54 Å². The van der Waals surface area contributed by atoms with Gasteiger partial charge in [-0.05, 0) is 51.0 Å². The van der Waals surface area contributed by atoms with Crippen LogP contribution in [-0.4, -0.2) is 36.9 Å². The molecule has 23 heavy (non-hydrogen) atoms. The summed E-state index contributed by atoms with van der Waals surface area (Å²) in [6.45, 7) is 7.83. The molecule has 0 saturated heterocycles. The van der Waals surface area contributed by atoms with Crippen molar-refractivity contribution in [2.75, 3.05) is 0 Å². The minimum Gasteiger partial charge on any atom is -0.337 e. The standard InChI is InChI=1S/C15H24N6OS/c1-11(23-13-18-19-20-21(13)14(2,3)4)12(22)17-15(10-16)8-6-5-7-9-15/h11H,5-9H2,1-4H3,(H,17,22). The molecular formula is C15H24N6OS. The highest BCUT2D eigenvalue weighted by atomic mass is 32.2. The van der Waals surface area contributed by atoms with Crippen molar-refractivity contribution in [3.05, 3.63) is 0 Å². The van der Waals surface area contributed by atoms with Gasteiger partial charge < -0.3 is 5.32 Å². The third-order valence-corrected chi connectivity index (χ3v) is 5.04. The predicted molar refractivity (Wildman–Crippen MR) is 87.7 cm³/mol. The van der Waals surface area contributed by atoms with E-state index >= 15 is 0 Å². The quantitative estimate of drug-likeness (QED) is 0.847. The second-order valence-electron chi connectivity index (χ2n) is 7.05. The lowest BCUT2D eigenvalue weighted by Crippen LogP contribution is -2.51. The van der Waals surface area contributed by atoms with Gasteiger partial charge in [0.1, 0.15) is 5.54 Å². The van der Waals surface area contributed by atoms with Gasteiger partial charge in [-0.1, -0.05) is 31.0 Å². The number of aromatic nitrogens is 4. The molecule has 1 aromatic heterocycles. The molecule has 1 atom stereocenters. The first-order valence-electron chi connectivity index (χ1n) is 7.96. The van der Waals surface area contributed by atoms with Crippen molar-refractivity contribution in [3.8, 4) is 6.07 Å². The molecule has 0 bridgehead atoms. The van der Waals surface area contributed by atoms with Gasteiger partial charge in [0, 0.05) is 0 Å². The van der Waals surface area contributed by atoms with Gasteiger partial charge in [0.15, 0.2) is 0 Å². The Morgan fingerprint density at radius 3 is 2.61 bits per heavy atom. The average molecular weight is 336 g/mol. The fourth-order valence-corrected chi connectivity index (χ4v) is 3.62. The molecule has 8 heteroatoms. The van der Waals surface area contributed by atoms with E-state index in [0.717, 1.165) is 32.1 Å². The lowest BCUT2D eigenvalue weighted by Gasteiger charge is -2.32. The van der Waals surface area contributed by atoms with Gasteiger partial charge in [0.05, 0.1) is 16.9 Å². The van der Waals surface area contributed by atoms with Crippen LogP contribution in [0.4, 0.5) is 0 Å². The van der Waals surface area contributed by atoms with Crippen LogP contribution in [0.25, 0.3) is 0 Å². The average Bonchev–Trinajstić information content (AvgIpc) is 2.96. The normalized spacial score (nSPS) is 18.9. The van der Waals surface area contributed by atoms with Gasteiger partial charge >= 0.3 is 0 Å². The largest absolute Gasteiger partial charge is 0.337 e. The van der Waals surface area contributed by atoms with Crippen molar-refractivity contribution in [3.63, 3.8) is 0 Å². The molecule has 0 spiro atoms. The van der Waals surface area contributed by atoms with Gasteiger partial charge in [0.25, 0.3) is 0 Å². The first-order chi connectivity index (χ1) is 10.8. The van der Waals surface area contributed by atoms with Crippen LogP contribution in [0.2, 0.25) is 0 Å². The van der Waals surface area contributed by atoms with E-state index in [0.29, 0.717) is 5.16 Å². The van der Waals surface area contributed by atoms with E-state index in [-0.39, 0.29) is 16.7 Å². The molecule has 1 aliphatic rings. The second-order valence-corrected chi connectivity index (χ2v) is 8.36. The van der Waals surface area contributed by atoms with E-state index in [1.165, 1.54) is 11.8 Å². The second kappa shape index (κ2) is 6.87. The summed E-state index contributed by atoms with van der Waals surface area (Å²) in [4.78, 5) is 12.5. The summed E-state index contributed by atoms with van der Waals surface area (Å²) >= 11 is 1.32. The molecule has 2 rings (SSSR count). The third-order valence-electron chi connectivity index (χ3n) is 4.01. The molecule has 1 aliphatic carbocycles. The van der Waals surface area contributed by atoms with Crippen molar-refractivity contribution in [2.24, 2.45) is 0 Å². The number of nitriles is 1. The Kier molecular flexibility index (Phi) is 5.30. The number of thioether (sulfide) groups is 1. The lowest BCUT2D eigenvalue weighted by molar-refractivity contribution is -0.122. The summed E-state index contributed by atoms with van der Waals surface area (Å²) in [6, 6.07) is 2.31. The van der Waals surface area contributed by atoms with E-state index in [2.05, 4.69) is 26.9 Å². The van der Waals surface area contributed by atoms with Crippen LogP contribution >= 0.6 is 11.8 Å². The maximum Gasteiger partial charge on any atom is 0.234 e. The van der Waals surface area contributed by atoms with E-state index in [4.69, 9.17) is 0 Å². The summed E-state index contributed by atoms with van der Waals surface area (Å²) in [5, 5.41) is 24.4. The van der Waals surface area contributed by atoms with Crippen molar-refractivity contribution >= 4 is 17.7 Å².